The van der Waals surface area contributed by atoms with Crippen molar-refractivity contribution in [3.63, 3.8) is 0 Å². The number of anilines is 1. The van der Waals surface area contributed by atoms with Crippen LogP contribution in [0.2, 0.25) is 5.02 Å². The Bertz CT molecular complexity index is 543. The molecule has 0 radical (unpaired) electrons. The van der Waals surface area contributed by atoms with Crippen LogP contribution in [0.4, 0.5) is 5.69 Å². The monoisotopic (exact) mass is 243 g/mol. The van der Waals surface area contributed by atoms with Crippen molar-refractivity contribution in [2.24, 2.45) is 0 Å². The Balaban J connectivity index is 2.03. The summed E-state index contributed by atoms with van der Waals surface area (Å²) in [5.41, 5.74) is 2.55. The summed E-state index contributed by atoms with van der Waals surface area (Å²) >= 11 is 5.99. The van der Waals surface area contributed by atoms with Gasteiger partial charge in [-0.2, -0.15) is 5.26 Å². The number of hydrogen-bond donors (Lipinski definition) is 1. The predicted octanol–water partition coefficient (Wildman–Crippen LogP) is 3.22. The number of halogens is 1. The highest BCUT2D eigenvalue weighted by molar-refractivity contribution is 6.33. The lowest BCUT2D eigenvalue weighted by atomic mass is 10.1. The molecule has 2 rings (SSSR count). The summed E-state index contributed by atoms with van der Waals surface area (Å²) in [4.78, 5) is 4.00. The molecule has 0 aliphatic rings. The summed E-state index contributed by atoms with van der Waals surface area (Å²) in [5.74, 6) is 0. The lowest BCUT2D eigenvalue weighted by Gasteiger charge is -2.07. The molecule has 1 aromatic carbocycles. The van der Waals surface area contributed by atoms with Crippen LogP contribution in [0.3, 0.4) is 0 Å². The molecule has 1 aromatic heterocycles. The first kappa shape index (κ1) is 11.4. The second-order valence-electron chi connectivity index (χ2n) is 3.52. The molecule has 0 bridgehead atoms. The number of pyridine rings is 1. The van der Waals surface area contributed by atoms with Crippen molar-refractivity contribution in [2.75, 3.05) is 5.32 Å². The van der Waals surface area contributed by atoms with Crippen LogP contribution in [0.1, 0.15) is 11.1 Å². The fraction of sp³-hybridized carbons (Fsp3) is 0.0769. The van der Waals surface area contributed by atoms with E-state index in [9.17, 15) is 0 Å². The molecule has 1 heterocycles. The lowest BCUT2D eigenvalue weighted by Crippen LogP contribution is -2.00. The predicted molar refractivity (Wildman–Crippen MR) is 67.7 cm³/mol. The van der Waals surface area contributed by atoms with Gasteiger partial charge in [0.2, 0.25) is 0 Å². The lowest BCUT2D eigenvalue weighted by molar-refractivity contribution is 1.14. The summed E-state index contributed by atoms with van der Waals surface area (Å²) in [6, 6.07) is 11.2. The van der Waals surface area contributed by atoms with Crippen LogP contribution in [-0.2, 0) is 6.54 Å². The van der Waals surface area contributed by atoms with Gasteiger partial charge < -0.3 is 5.32 Å². The third-order valence-electron chi connectivity index (χ3n) is 2.33. The van der Waals surface area contributed by atoms with Gasteiger partial charge in [-0.15, -0.1) is 0 Å². The molecule has 0 aliphatic carbocycles. The number of rotatable bonds is 3. The van der Waals surface area contributed by atoms with Crippen molar-refractivity contribution in [1.29, 1.82) is 5.26 Å². The van der Waals surface area contributed by atoms with E-state index in [-0.39, 0.29) is 0 Å². The smallest absolute Gasteiger partial charge is 0.0991 e. The summed E-state index contributed by atoms with van der Waals surface area (Å²) in [6.45, 7) is 0.650. The van der Waals surface area contributed by atoms with Crippen LogP contribution < -0.4 is 5.32 Å². The molecule has 84 valence electrons. The minimum atomic E-state index is 0.647. The van der Waals surface area contributed by atoms with Crippen molar-refractivity contribution in [1.82, 2.24) is 4.98 Å². The Hall–Kier alpha value is -2.05. The van der Waals surface area contributed by atoms with Gasteiger partial charge in [-0.05, 0) is 23.8 Å². The fourth-order valence-electron chi connectivity index (χ4n) is 1.40. The molecule has 2 aromatic rings. The zero-order chi connectivity index (χ0) is 12.1. The van der Waals surface area contributed by atoms with Gasteiger partial charge >= 0.3 is 0 Å². The molecule has 0 fully saturated rings. The maximum Gasteiger partial charge on any atom is 0.0991 e. The average Bonchev–Trinajstić information content (AvgIpc) is 2.38. The van der Waals surface area contributed by atoms with Gasteiger partial charge in [0.05, 0.1) is 28.5 Å². The van der Waals surface area contributed by atoms with Crippen LogP contribution in [0, 0.1) is 11.3 Å². The van der Waals surface area contributed by atoms with Crippen LogP contribution in [0.5, 0.6) is 0 Å². The summed E-state index contributed by atoms with van der Waals surface area (Å²) in [7, 11) is 0. The molecule has 0 amide bonds. The summed E-state index contributed by atoms with van der Waals surface area (Å²) in [6.07, 6.45) is 3.33. The van der Waals surface area contributed by atoms with Crippen molar-refractivity contribution >= 4 is 17.3 Å². The SMILES string of the molecule is N#Cc1ccc(CNc2cnccc2Cl)cc1. The molecule has 4 heteroatoms. The molecule has 0 spiro atoms. The van der Waals surface area contributed by atoms with Gasteiger partial charge in [0.1, 0.15) is 0 Å². The molecule has 3 nitrogen and oxygen atoms in total. The maximum absolute atomic E-state index is 8.68. The first-order valence-electron chi connectivity index (χ1n) is 5.12. The molecule has 17 heavy (non-hydrogen) atoms. The van der Waals surface area contributed by atoms with Crippen LogP contribution >= 0.6 is 11.6 Å². The number of nitrogens with zero attached hydrogens (tertiary/aromatic N) is 2. The van der Waals surface area contributed by atoms with Gasteiger partial charge in [0, 0.05) is 12.7 Å². The fourth-order valence-corrected chi connectivity index (χ4v) is 1.57. The Morgan fingerprint density at radius 3 is 2.65 bits per heavy atom. The third-order valence-corrected chi connectivity index (χ3v) is 2.66. The number of nitriles is 1. The van der Waals surface area contributed by atoms with Crippen LogP contribution in [-0.4, -0.2) is 4.98 Å². The normalized spacial score (nSPS) is 9.65. The molecule has 0 saturated carbocycles. The highest BCUT2D eigenvalue weighted by atomic mass is 35.5. The summed E-state index contributed by atoms with van der Waals surface area (Å²) in [5, 5.41) is 12.5. The Kier molecular flexibility index (Phi) is 3.59. The van der Waals surface area contributed by atoms with Gasteiger partial charge in [0.25, 0.3) is 0 Å². The molecular weight excluding hydrogens is 234 g/mol. The highest BCUT2D eigenvalue weighted by Gasteiger charge is 1.99. The van der Waals surface area contributed by atoms with E-state index in [1.54, 1.807) is 30.6 Å². The van der Waals surface area contributed by atoms with Gasteiger partial charge in [-0.3, -0.25) is 4.98 Å². The van der Waals surface area contributed by atoms with E-state index >= 15 is 0 Å². The number of aromatic nitrogens is 1. The van der Waals surface area contributed by atoms with Crippen LogP contribution in [0.15, 0.2) is 42.7 Å². The minimum absolute atomic E-state index is 0.647. The van der Waals surface area contributed by atoms with E-state index in [2.05, 4.69) is 16.4 Å². The Labute approximate surface area is 105 Å². The first-order chi connectivity index (χ1) is 8.29. The molecule has 0 aliphatic heterocycles. The topological polar surface area (TPSA) is 48.7 Å². The molecule has 1 N–H and O–H groups in total. The van der Waals surface area contributed by atoms with Gasteiger partial charge in [0.15, 0.2) is 0 Å². The van der Waals surface area contributed by atoms with E-state index in [0.717, 1.165) is 11.3 Å². The number of hydrogen-bond acceptors (Lipinski definition) is 3. The van der Waals surface area contributed by atoms with E-state index in [1.807, 2.05) is 12.1 Å². The van der Waals surface area contributed by atoms with E-state index < -0.39 is 0 Å². The van der Waals surface area contributed by atoms with Crippen LogP contribution in [0.25, 0.3) is 0 Å². The van der Waals surface area contributed by atoms with E-state index in [4.69, 9.17) is 16.9 Å². The second kappa shape index (κ2) is 5.33. The first-order valence-corrected chi connectivity index (χ1v) is 5.50. The van der Waals surface area contributed by atoms with Gasteiger partial charge in [-0.25, -0.2) is 0 Å². The Morgan fingerprint density at radius 1 is 1.24 bits per heavy atom. The Morgan fingerprint density at radius 2 is 2.00 bits per heavy atom. The average molecular weight is 244 g/mol. The third kappa shape index (κ3) is 2.96. The standard InChI is InChI=1S/C13H10ClN3/c14-12-5-6-16-9-13(12)17-8-11-3-1-10(7-15)2-4-11/h1-6,9,17H,8H2. The van der Waals surface area contributed by atoms with Crippen molar-refractivity contribution in [3.8, 4) is 6.07 Å². The van der Waals surface area contributed by atoms with Crippen molar-refractivity contribution < 1.29 is 0 Å². The second-order valence-corrected chi connectivity index (χ2v) is 3.93. The number of benzene rings is 1. The highest BCUT2D eigenvalue weighted by Crippen LogP contribution is 2.19. The van der Waals surface area contributed by atoms with E-state index in [0.29, 0.717) is 17.1 Å². The molecular formula is C13H10ClN3. The quantitative estimate of drug-likeness (QED) is 0.901. The molecule has 0 atom stereocenters. The zero-order valence-corrected chi connectivity index (χ0v) is 9.78. The number of nitrogens with one attached hydrogen (secondary N) is 1. The van der Waals surface area contributed by atoms with Crippen molar-refractivity contribution in [2.45, 2.75) is 6.54 Å². The van der Waals surface area contributed by atoms with E-state index in [1.165, 1.54) is 0 Å². The van der Waals surface area contributed by atoms with Gasteiger partial charge in [-0.1, -0.05) is 23.7 Å². The zero-order valence-electron chi connectivity index (χ0n) is 9.02. The molecule has 0 saturated heterocycles. The largest absolute Gasteiger partial charge is 0.379 e. The molecule has 0 unspecified atom stereocenters. The summed E-state index contributed by atoms with van der Waals surface area (Å²) < 4.78 is 0. The van der Waals surface area contributed by atoms with Crippen molar-refractivity contribution in [3.05, 3.63) is 58.9 Å². The minimum Gasteiger partial charge on any atom is -0.379 e. The maximum atomic E-state index is 8.68.